The molecular formula is C16H26N2O. The van der Waals surface area contributed by atoms with E-state index in [1.165, 1.54) is 37.9 Å². The summed E-state index contributed by atoms with van der Waals surface area (Å²) >= 11 is 0. The molecule has 0 spiro atoms. The molecule has 0 amide bonds. The fraction of sp³-hybridized carbons (Fsp3) is 0.750. The van der Waals surface area contributed by atoms with Crippen molar-refractivity contribution in [3.05, 3.63) is 23.7 Å². The Morgan fingerprint density at radius 2 is 2.21 bits per heavy atom. The van der Waals surface area contributed by atoms with Crippen LogP contribution in [0.2, 0.25) is 0 Å². The molecule has 1 aromatic rings. The van der Waals surface area contributed by atoms with Gasteiger partial charge in [-0.2, -0.15) is 0 Å². The monoisotopic (exact) mass is 262 g/mol. The van der Waals surface area contributed by atoms with Crippen molar-refractivity contribution >= 4 is 0 Å². The van der Waals surface area contributed by atoms with Crippen LogP contribution < -0.4 is 5.32 Å². The van der Waals surface area contributed by atoms with Crippen molar-refractivity contribution in [2.75, 3.05) is 13.1 Å². The Kier molecular flexibility index (Phi) is 3.94. The van der Waals surface area contributed by atoms with Crippen LogP contribution >= 0.6 is 0 Å². The van der Waals surface area contributed by atoms with Crippen LogP contribution in [0.4, 0.5) is 0 Å². The van der Waals surface area contributed by atoms with E-state index < -0.39 is 0 Å². The van der Waals surface area contributed by atoms with E-state index >= 15 is 0 Å². The zero-order valence-electron chi connectivity index (χ0n) is 12.2. The van der Waals surface area contributed by atoms with Gasteiger partial charge in [-0.15, -0.1) is 0 Å². The lowest BCUT2D eigenvalue weighted by Gasteiger charge is -2.16. The van der Waals surface area contributed by atoms with E-state index in [0.717, 1.165) is 36.7 Å². The maximum Gasteiger partial charge on any atom is 0.118 e. The molecule has 3 heteroatoms. The summed E-state index contributed by atoms with van der Waals surface area (Å²) in [5, 5.41) is 3.53. The van der Waals surface area contributed by atoms with Crippen molar-refractivity contribution in [2.45, 2.75) is 52.2 Å². The number of hydrogen-bond donors (Lipinski definition) is 1. The van der Waals surface area contributed by atoms with Gasteiger partial charge in [0.2, 0.25) is 0 Å². The molecule has 1 saturated carbocycles. The van der Waals surface area contributed by atoms with Gasteiger partial charge in [0.25, 0.3) is 0 Å². The Morgan fingerprint density at radius 3 is 2.89 bits per heavy atom. The Morgan fingerprint density at radius 1 is 1.37 bits per heavy atom. The van der Waals surface area contributed by atoms with Gasteiger partial charge in [-0.25, -0.2) is 0 Å². The summed E-state index contributed by atoms with van der Waals surface area (Å²) in [7, 11) is 0. The summed E-state index contributed by atoms with van der Waals surface area (Å²) in [4.78, 5) is 2.53. The lowest BCUT2D eigenvalue weighted by molar-refractivity contribution is 0.273. The third-order valence-electron chi connectivity index (χ3n) is 4.51. The smallest absolute Gasteiger partial charge is 0.118 e. The fourth-order valence-corrected chi connectivity index (χ4v) is 2.92. The van der Waals surface area contributed by atoms with Crippen molar-refractivity contribution in [1.82, 2.24) is 10.2 Å². The van der Waals surface area contributed by atoms with Gasteiger partial charge in [-0.3, -0.25) is 4.90 Å². The molecule has 2 fully saturated rings. The SMILES string of the molecule is CC(C)C1CCN(Cc2cc(CNC3CC3)co2)C1. The summed E-state index contributed by atoms with van der Waals surface area (Å²) < 4.78 is 5.69. The van der Waals surface area contributed by atoms with Crippen LogP contribution in [0.3, 0.4) is 0 Å². The minimum Gasteiger partial charge on any atom is -0.468 e. The van der Waals surface area contributed by atoms with Gasteiger partial charge in [0.15, 0.2) is 0 Å². The summed E-state index contributed by atoms with van der Waals surface area (Å²) in [6, 6.07) is 2.99. The van der Waals surface area contributed by atoms with Gasteiger partial charge in [0.05, 0.1) is 12.8 Å². The van der Waals surface area contributed by atoms with Gasteiger partial charge >= 0.3 is 0 Å². The first kappa shape index (κ1) is 13.2. The maximum atomic E-state index is 5.69. The van der Waals surface area contributed by atoms with E-state index in [0.29, 0.717) is 0 Å². The molecule has 1 saturated heterocycles. The molecule has 2 aliphatic rings. The zero-order chi connectivity index (χ0) is 13.2. The third kappa shape index (κ3) is 3.61. The van der Waals surface area contributed by atoms with Crippen LogP contribution in [0.15, 0.2) is 16.7 Å². The summed E-state index contributed by atoms with van der Waals surface area (Å²) in [6.45, 7) is 9.06. The molecule has 1 aliphatic heterocycles. The van der Waals surface area contributed by atoms with Crippen molar-refractivity contribution < 1.29 is 4.42 Å². The number of nitrogens with one attached hydrogen (secondary N) is 1. The molecule has 3 nitrogen and oxygen atoms in total. The highest BCUT2D eigenvalue weighted by molar-refractivity contribution is 5.13. The second-order valence-electron chi connectivity index (χ2n) is 6.60. The van der Waals surface area contributed by atoms with E-state index in [1.54, 1.807) is 0 Å². The molecule has 1 aromatic heterocycles. The number of hydrogen-bond acceptors (Lipinski definition) is 3. The van der Waals surface area contributed by atoms with Crippen molar-refractivity contribution in [1.29, 1.82) is 0 Å². The molecule has 0 aromatic carbocycles. The summed E-state index contributed by atoms with van der Waals surface area (Å²) in [5.41, 5.74) is 1.29. The second-order valence-corrected chi connectivity index (χ2v) is 6.60. The topological polar surface area (TPSA) is 28.4 Å². The van der Waals surface area contributed by atoms with Crippen LogP contribution in [0, 0.1) is 11.8 Å². The molecule has 0 radical (unpaired) electrons. The maximum absolute atomic E-state index is 5.69. The predicted octanol–water partition coefficient (Wildman–Crippen LogP) is 3.01. The largest absolute Gasteiger partial charge is 0.468 e. The molecule has 3 rings (SSSR count). The normalized spacial score (nSPS) is 24.5. The van der Waals surface area contributed by atoms with Gasteiger partial charge in [-0.1, -0.05) is 13.8 Å². The molecule has 1 unspecified atom stereocenters. The Labute approximate surface area is 116 Å². The highest BCUT2D eigenvalue weighted by Gasteiger charge is 2.25. The average molecular weight is 262 g/mol. The van der Waals surface area contributed by atoms with Crippen LogP contribution in [-0.4, -0.2) is 24.0 Å². The van der Waals surface area contributed by atoms with E-state index in [-0.39, 0.29) is 0 Å². The first-order valence-corrected chi connectivity index (χ1v) is 7.72. The fourth-order valence-electron chi connectivity index (χ4n) is 2.92. The molecule has 1 aliphatic carbocycles. The van der Waals surface area contributed by atoms with Crippen molar-refractivity contribution in [3.8, 4) is 0 Å². The summed E-state index contributed by atoms with van der Waals surface area (Å²) in [6.07, 6.45) is 5.94. The third-order valence-corrected chi connectivity index (χ3v) is 4.51. The Balaban J connectivity index is 1.47. The lowest BCUT2D eigenvalue weighted by atomic mass is 9.95. The van der Waals surface area contributed by atoms with Gasteiger partial charge in [-0.05, 0) is 43.7 Å². The first-order valence-electron chi connectivity index (χ1n) is 7.72. The molecule has 1 atom stereocenters. The van der Waals surface area contributed by atoms with E-state index in [1.807, 2.05) is 6.26 Å². The van der Waals surface area contributed by atoms with Crippen LogP contribution in [0.5, 0.6) is 0 Å². The summed E-state index contributed by atoms with van der Waals surface area (Å²) in [5.74, 6) is 2.79. The molecule has 0 bridgehead atoms. The Bertz CT molecular complexity index is 409. The number of nitrogens with zero attached hydrogens (tertiary/aromatic N) is 1. The first-order chi connectivity index (χ1) is 9.20. The zero-order valence-corrected chi connectivity index (χ0v) is 12.2. The minimum atomic E-state index is 0.767. The van der Waals surface area contributed by atoms with Crippen molar-refractivity contribution in [2.24, 2.45) is 11.8 Å². The van der Waals surface area contributed by atoms with E-state index in [2.05, 4.69) is 30.1 Å². The minimum absolute atomic E-state index is 0.767. The average Bonchev–Trinajstić information content (AvgIpc) is 2.91. The molecular weight excluding hydrogens is 236 g/mol. The van der Waals surface area contributed by atoms with Crippen LogP contribution in [0.1, 0.15) is 44.4 Å². The van der Waals surface area contributed by atoms with Crippen molar-refractivity contribution in [3.63, 3.8) is 0 Å². The molecule has 106 valence electrons. The van der Waals surface area contributed by atoms with Gasteiger partial charge in [0, 0.05) is 24.7 Å². The highest BCUT2D eigenvalue weighted by atomic mass is 16.3. The van der Waals surface area contributed by atoms with E-state index in [9.17, 15) is 0 Å². The standard InChI is InChI=1S/C16H26N2O/c1-12(2)14-5-6-18(9-14)10-16-7-13(11-19-16)8-17-15-3-4-15/h7,11-12,14-15,17H,3-6,8-10H2,1-2H3. The lowest BCUT2D eigenvalue weighted by Crippen LogP contribution is -2.21. The number of rotatable bonds is 6. The number of likely N-dealkylation sites (tertiary alicyclic amines) is 1. The van der Waals surface area contributed by atoms with Gasteiger partial charge < -0.3 is 9.73 Å². The molecule has 19 heavy (non-hydrogen) atoms. The molecule has 2 heterocycles. The van der Waals surface area contributed by atoms with Gasteiger partial charge in [0.1, 0.15) is 5.76 Å². The second kappa shape index (κ2) is 5.68. The van der Waals surface area contributed by atoms with Crippen LogP contribution in [0.25, 0.3) is 0 Å². The number of furan rings is 1. The van der Waals surface area contributed by atoms with E-state index in [4.69, 9.17) is 4.42 Å². The Hall–Kier alpha value is -0.800. The predicted molar refractivity (Wildman–Crippen MR) is 76.8 cm³/mol. The highest BCUT2D eigenvalue weighted by Crippen LogP contribution is 2.25. The quantitative estimate of drug-likeness (QED) is 0.854. The van der Waals surface area contributed by atoms with Crippen LogP contribution in [-0.2, 0) is 13.1 Å². The molecule has 1 N–H and O–H groups in total.